The fourth-order valence-corrected chi connectivity index (χ4v) is 1.98. The summed E-state index contributed by atoms with van der Waals surface area (Å²) in [6.07, 6.45) is -0.0147. The summed E-state index contributed by atoms with van der Waals surface area (Å²) in [5, 5.41) is 2.96. The Morgan fingerprint density at radius 2 is 2.10 bits per heavy atom. The van der Waals surface area contributed by atoms with Gasteiger partial charge < -0.3 is 10.1 Å². The van der Waals surface area contributed by atoms with E-state index in [0.29, 0.717) is 23.7 Å². The smallest absolute Gasteiger partial charge is 0.324 e. The van der Waals surface area contributed by atoms with Crippen molar-refractivity contribution in [3.63, 3.8) is 0 Å². The van der Waals surface area contributed by atoms with Gasteiger partial charge in [0.15, 0.2) is 6.61 Å². The van der Waals surface area contributed by atoms with Crippen molar-refractivity contribution in [1.29, 1.82) is 0 Å². The highest BCUT2D eigenvalue weighted by atomic mass is 35.5. The van der Waals surface area contributed by atoms with Gasteiger partial charge in [-0.25, -0.2) is 4.79 Å². The molecule has 6 nitrogen and oxygen atoms in total. The van der Waals surface area contributed by atoms with Crippen LogP contribution in [0.2, 0.25) is 5.02 Å². The van der Waals surface area contributed by atoms with Gasteiger partial charge in [0.25, 0.3) is 5.91 Å². The van der Waals surface area contributed by atoms with Crippen LogP contribution >= 0.6 is 11.6 Å². The normalized spacial score (nSPS) is 14.1. The predicted octanol–water partition coefficient (Wildman–Crippen LogP) is 0.977. The van der Waals surface area contributed by atoms with Gasteiger partial charge in [-0.3, -0.25) is 14.5 Å². The van der Waals surface area contributed by atoms with E-state index in [1.807, 2.05) is 0 Å². The largest absolute Gasteiger partial charge is 0.455 e. The number of urea groups is 1. The minimum absolute atomic E-state index is 0.0147. The van der Waals surface area contributed by atoms with Crippen LogP contribution in [0, 0.1) is 0 Å². The second kappa shape index (κ2) is 6.38. The summed E-state index contributed by atoms with van der Waals surface area (Å²) in [7, 11) is 0. The van der Waals surface area contributed by atoms with E-state index in [2.05, 4.69) is 5.32 Å². The first-order valence-corrected chi connectivity index (χ1v) is 6.43. The molecule has 7 heteroatoms. The molecule has 1 aromatic carbocycles. The van der Waals surface area contributed by atoms with Crippen molar-refractivity contribution in [2.45, 2.75) is 6.42 Å². The highest BCUT2D eigenvalue weighted by Gasteiger charge is 2.26. The number of ether oxygens (including phenoxy) is 1. The highest BCUT2D eigenvalue weighted by Crippen LogP contribution is 2.15. The molecule has 1 fully saturated rings. The quantitative estimate of drug-likeness (QED) is 0.840. The Bertz CT molecular complexity index is 547. The molecular weight excluding hydrogens is 284 g/mol. The molecule has 1 aliphatic heterocycles. The van der Waals surface area contributed by atoms with E-state index in [0.717, 1.165) is 4.90 Å². The molecule has 1 heterocycles. The minimum Gasteiger partial charge on any atom is -0.455 e. The van der Waals surface area contributed by atoms with Crippen molar-refractivity contribution in [1.82, 2.24) is 10.2 Å². The highest BCUT2D eigenvalue weighted by molar-refractivity contribution is 6.31. The molecule has 3 amide bonds. The molecule has 0 radical (unpaired) electrons. The zero-order valence-electron chi connectivity index (χ0n) is 10.6. The summed E-state index contributed by atoms with van der Waals surface area (Å²) in [6.45, 7) is 0.259. The zero-order valence-corrected chi connectivity index (χ0v) is 11.4. The average molecular weight is 297 g/mol. The lowest BCUT2D eigenvalue weighted by Crippen LogP contribution is -2.37. The third kappa shape index (κ3) is 3.48. The van der Waals surface area contributed by atoms with Gasteiger partial charge in [-0.05, 0) is 11.6 Å². The first kappa shape index (κ1) is 14.3. The van der Waals surface area contributed by atoms with Crippen molar-refractivity contribution in [2.75, 3.05) is 19.7 Å². The minimum atomic E-state index is -0.564. The average Bonchev–Trinajstić information content (AvgIpc) is 2.85. The Kier molecular flexibility index (Phi) is 4.57. The number of halogens is 1. The number of imide groups is 1. The van der Waals surface area contributed by atoms with Crippen LogP contribution < -0.4 is 5.32 Å². The standard InChI is InChI=1S/C13H13ClN2O4/c14-10-4-2-1-3-9(10)7-12(18)20-8-11(17)16-6-5-15-13(16)19/h1-4H,5-8H2,(H,15,19). The fourth-order valence-electron chi connectivity index (χ4n) is 1.78. The number of hydrogen-bond acceptors (Lipinski definition) is 4. The Morgan fingerprint density at radius 1 is 1.35 bits per heavy atom. The van der Waals surface area contributed by atoms with Crippen LogP contribution in [0.15, 0.2) is 24.3 Å². The van der Waals surface area contributed by atoms with E-state index in [1.165, 1.54) is 0 Å². The van der Waals surface area contributed by atoms with Crippen molar-refractivity contribution in [3.05, 3.63) is 34.9 Å². The third-order valence-corrected chi connectivity index (χ3v) is 3.18. The van der Waals surface area contributed by atoms with Gasteiger partial charge in [0.05, 0.1) is 6.42 Å². The van der Waals surface area contributed by atoms with Gasteiger partial charge in [-0.15, -0.1) is 0 Å². The molecule has 0 bridgehead atoms. The Labute approximate surface area is 120 Å². The summed E-state index contributed by atoms with van der Waals surface area (Å²) in [4.78, 5) is 35.5. The number of carbonyl (C=O) groups is 3. The van der Waals surface area contributed by atoms with Crippen molar-refractivity contribution >= 4 is 29.5 Å². The molecule has 106 valence electrons. The number of nitrogens with one attached hydrogen (secondary N) is 1. The number of hydrogen-bond donors (Lipinski definition) is 1. The van der Waals surface area contributed by atoms with Crippen LogP contribution in [0.5, 0.6) is 0 Å². The third-order valence-electron chi connectivity index (χ3n) is 2.81. The molecule has 0 saturated carbocycles. The molecular formula is C13H13ClN2O4. The summed E-state index contributed by atoms with van der Waals surface area (Å²) in [6, 6.07) is 6.43. The molecule has 0 aromatic heterocycles. The first-order valence-electron chi connectivity index (χ1n) is 6.05. The Balaban J connectivity index is 1.82. The van der Waals surface area contributed by atoms with Crippen molar-refractivity contribution in [3.8, 4) is 0 Å². The van der Waals surface area contributed by atoms with Crippen LogP contribution in [0.25, 0.3) is 0 Å². The summed E-state index contributed by atoms with van der Waals surface area (Å²) >= 11 is 5.92. The summed E-state index contributed by atoms with van der Waals surface area (Å²) < 4.78 is 4.85. The molecule has 1 aliphatic rings. The van der Waals surface area contributed by atoms with Gasteiger partial charge in [-0.2, -0.15) is 0 Å². The van der Waals surface area contributed by atoms with E-state index in [9.17, 15) is 14.4 Å². The van der Waals surface area contributed by atoms with Gasteiger partial charge in [0.2, 0.25) is 0 Å². The van der Waals surface area contributed by atoms with Gasteiger partial charge in [0, 0.05) is 18.1 Å². The monoisotopic (exact) mass is 296 g/mol. The molecule has 0 atom stereocenters. The van der Waals surface area contributed by atoms with Crippen LogP contribution in [0.4, 0.5) is 4.79 Å². The first-order chi connectivity index (χ1) is 9.58. The van der Waals surface area contributed by atoms with E-state index in [-0.39, 0.29) is 6.42 Å². The molecule has 1 saturated heterocycles. The van der Waals surface area contributed by atoms with Crippen LogP contribution in [0.1, 0.15) is 5.56 Å². The number of carbonyl (C=O) groups excluding carboxylic acids is 3. The van der Waals surface area contributed by atoms with Gasteiger partial charge in [0.1, 0.15) is 0 Å². The molecule has 2 rings (SSSR count). The second-order valence-electron chi connectivity index (χ2n) is 4.21. The lowest BCUT2D eigenvalue weighted by molar-refractivity contribution is -0.150. The number of amides is 3. The summed E-state index contributed by atoms with van der Waals surface area (Å²) in [5.41, 5.74) is 0.630. The molecule has 0 aliphatic carbocycles. The molecule has 1 N–H and O–H groups in total. The van der Waals surface area contributed by atoms with Crippen molar-refractivity contribution < 1.29 is 19.1 Å². The maximum absolute atomic E-state index is 11.6. The summed E-state index contributed by atoms with van der Waals surface area (Å²) in [5.74, 6) is -1.10. The van der Waals surface area contributed by atoms with E-state index in [4.69, 9.17) is 16.3 Å². The lowest BCUT2D eigenvalue weighted by atomic mass is 10.1. The van der Waals surface area contributed by atoms with E-state index >= 15 is 0 Å². The number of nitrogens with zero attached hydrogens (tertiary/aromatic N) is 1. The van der Waals surface area contributed by atoms with Crippen LogP contribution in [-0.4, -0.2) is 42.5 Å². The Morgan fingerprint density at radius 3 is 2.75 bits per heavy atom. The topological polar surface area (TPSA) is 75.7 Å². The lowest BCUT2D eigenvalue weighted by Gasteiger charge is -2.12. The molecule has 0 spiro atoms. The number of rotatable bonds is 4. The van der Waals surface area contributed by atoms with Crippen LogP contribution in [-0.2, 0) is 20.7 Å². The van der Waals surface area contributed by atoms with Crippen molar-refractivity contribution in [2.24, 2.45) is 0 Å². The second-order valence-corrected chi connectivity index (χ2v) is 4.61. The molecule has 20 heavy (non-hydrogen) atoms. The molecule has 1 aromatic rings. The van der Waals surface area contributed by atoms with Gasteiger partial charge in [-0.1, -0.05) is 29.8 Å². The Hall–Kier alpha value is -2.08. The number of esters is 1. The number of benzene rings is 1. The maximum Gasteiger partial charge on any atom is 0.324 e. The van der Waals surface area contributed by atoms with E-state index in [1.54, 1.807) is 24.3 Å². The van der Waals surface area contributed by atoms with E-state index < -0.39 is 24.5 Å². The fraction of sp³-hybridized carbons (Fsp3) is 0.308. The maximum atomic E-state index is 11.6. The van der Waals surface area contributed by atoms with Gasteiger partial charge >= 0.3 is 12.0 Å². The predicted molar refractivity (Wildman–Crippen MR) is 71.2 cm³/mol. The zero-order chi connectivity index (χ0) is 14.5. The van der Waals surface area contributed by atoms with Crippen LogP contribution in [0.3, 0.4) is 0 Å². The molecule has 0 unspecified atom stereocenters. The SMILES string of the molecule is O=C(Cc1ccccc1Cl)OCC(=O)N1CCNC1=O.